The van der Waals surface area contributed by atoms with Gasteiger partial charge in [0.2, 0.25) is 0 Å². The molecule has 1 aliphatic carbocycles. The maximum Gasteiger partial charge on any atom is 0.401 e. The van der Waals surface area contributed by atoms with Crippen LogP contribution < -0.4 is 0 Å². The van der Waals surface area contributed by atoms with E-state index in [1.165, 1.54) is 16.0 Å². The summed E-state index contributed by atoms with van der Waals surface area (Å²) in [5.41, 5.74) is 2.38. The Labute approximate surface area is 124 Å². The molecule has 5 heteroatoms. The van der Waals surface area contributed by atoms with Gasteiger partial charge in [0, 0.05) is 9.89 Å². The van der Waals surface area contributed by atoms with Crippen LogP contribution in [0.15, 0.2) is 28.7 Å². The summed E-state index contributed by atoms with van der Waals surface area (Å²) < 4.78 is 38.3. The van der Waals surface area contributed by atoms with Gasteiger partial charge in [0.15, 0.2) is 0 Å². The molecule has 108 valence electrons. The fraction of sp³-hybridized carbons (Fsp3) is 0.467. The molecule has 2 aliphatic rings. The minimum atomic E-state index is -4.10. The number of allylic oxidation sites excluding steroid dienone is 1. The molecule has 0 radical (unpaired) electrons. The van der Waals surface area contributed by atoms with E-state index < -0.39 is 12.7 Å². The molecule has 1 fully saturated rings. The zero-order valence-corrected chi connectivity index (χ0v) is 12.5. The van der Waals surface area contributed by atoms with Crippen molar-refractivity contribution in [3.63, 3.8) is 0 Å². The van der Waals surface area contributed by atoms with E-state index in [4.69, 9.17) is 0 Å². The molecule has 1 heterocycles. The van der Waals surface area contributed by atoms with E-state index >= 15 is 0 Å². The van der Waals surface area contributed by atoms with Crippen LogP contribution in [0.2, 0.25) is 0 Å². The van der Waals surface area contributed by atoms with Gasteiger partial charge in [-0.1, -0.05) is 34.1 Å². The number of hydrogen-bond donors (Lipinski definition) is 0. The van der Waals surface area contributed by atoms with Gasteiger partial charge in [-0.25, -0.2) is 0 Å². The van der Waals surface area contributed by atoms with Crippen molar-refractivity contribution in [3.05, 3.63) is 39.9 Å². The average Bonchev–Trinajstić information content (AvgIpc) is 2.69. The van der Waals surface area contributed by atoms with Gasteiger partial charge >= 0.3 is 6.18 Å². The van der Waals surface area contributed by atoms with Crippen LogP contribution in [-0.4, -0.2) is 30.7 Å². The highest BCUT2D eigenvalue weighted by Gasteiger charge is 2.40. The molecule has 1 saturated heterocycles. The lowest BCUT2D eigenvalue weighted by atomic mass is 9.74. The lowest BCUT2D eigenvalue weighted by molar-refractivity contribution is -0.148. The zero-order chi connectivity index (χ0) is 14.4. The van der Waals surface area contributed by atoms with Gasteiger partial charge in [0.05, 0.1) is 6.54 Å². The SMILES string of the molecule is FC(F)(F)CN1CCC2(C=Cc3cc(Br)ccc32)CC1. The Hall–Kier alpha value is -0.810. The molecule has 1 spiro atoms. The van der Waals surface area contributed by atoms with Crippen molar-refractivity contribution in [2.45, 2.75) is 24.4 Å². The Morgan fingerprint density at radius 1 is 1.20 bits per heavy atom. The molecule has 0 bridgehead atoms. The number of fused-ring (bicyclic) bond motifs is 2. The van der Waals surface area contributed by atoms with E-state index in [2.05, 4.69) is 40.2 Å². The lowest BCUT2D eigenvalue weighted by Gasteiger charge is -2.39. The zero-order valence-electron chi connectivity index (χ0n) is 10.9. The van der Waals surface area contributed by atoms with Crippen molar-refractivity contribution in [2.24, 2.45) is 0 Å². The number of halogens is 4. The van der Waals surface area contributed by atoms with Crippen molar-refractivity contribution >= 4 is 22.0 Å². The fourth-order valence-electron chi connectivity index (χ4n) is 3.26. The Morgan fingerprint density at radius 3 is 2.55 bits per heavy atom. The Bertz CT molecular complexity index is 543. The molecule has 3 rings (SSSR count). The first-order chi connectivity index (χ1) is 9.38. The summed E-state index contributed by atoms with van der Waals surface area (Å²) in [7, 11) is 0. The van der Waals surface area contributed by atoms with E-state index in [1.807, 2.05) is 6.07 Å². The standard InChI is InChI=1S/C15H15BrF3N/c16-12-1-2-13-11(9-12)3-4-14(13)5-7-20(8-6-14)10-15(17,18)19/h1-4,9H,5-8,10H2. The molecule has 0 amide bonds. The molecule has 0 aromatic heterocycles. The predicted octanol–water partition coefficient (Wildman–Crippen LogP) is 4.37. The normalized spacial score (nSPS) is 21.4. The Balaban J connectivity index is 1.75. The van der Waals surface area contributed by atoms with Crippen molar-refractivity contribution in [1.29, 1.82) is 0 Å². The van der Waals surface area contributed by atoms with Gasteiger partial charge in [-0.15, -0.1) is 0 Å². The highest BCUT2D eigenvalue weighted by molar-refractivity contribution is 9.10. The van der Waals surface area contributed by atoms with Gasteiger partial charge < -0.3 is 0 Å². The van der Waals surface area contributed by atoms with Crippen LogP contribution in [0.3, 0.4) is 0 Å². The smallest absolute Gasteiger partial charge is 0.295 e. The summed E-state index contributed by atoms with van der Waals surface area (Å²) >= 11 is 3.45. The third-order valence-corrected chi connectivity index (χ3v) is 4.78. The Kier molecular flexibility index (Phi) is 3.45. The number of alkyl halides is 3. The van der Waals surface area contributed by atoms with E-state index in [-0.39, 0.29) is 5.41 Å². The third kappa shape index (κ3) is 2.66. The first-order valence-electron chi connectivity index (χ1n) is 6.66. The second-order valence-electron chi connectivity index (χ2n) is 5.61. The monoisotopic (exact) mass is 345 g/mol. The molecule has 0 atom stereocenters. The number of likely N-dealkylation sites (tertiary alicyclic amines) is 1. The van der Waals surface area contributed by atoms with Crippen molar-refractivity contribution in [1.82, 2.24) is 4.90 Å². The fourth-order valence-corrected chi connectivity index (χ4v) is 3.64. The number of rotatable bonds is 1. The summed E-state index contributed by atoms with van der Waals surface area (Å²) in [5.74, 6) is 0. The molecule has 0 unspecified atom stereocenters. The molecule has 1 aliphatic heterocycles. The number of benzene rings is 1. The largest absolute Gasteiger partial charge is 0.401 e. The van der Waals surface area contributed by atoms with Gasteiger partial charge in [-0.2, -0.15) is 13.2 Å². The van der Waals surface area contributed by atoms with Gasteiger partial charge in [-0.3, -0.25) is 4.90 Å². The molecular formula is C15H15BrF3N. The minimum absolute atomic E-state index is 0.0574. The van der Waals surface area contributed by atoms with Crippen LogP contribution in [0.25, 0.3) is 6.08 Å². The first kappa shape index (κ1) is 14.1. The maximum atomic E-state index is 12.4. The third-order valence-electron chi connectivity index (χ3n) is 4.28. The molecule has 1 nitrogen and oxygen atoms in total. The van der Waals surface area contributed by atoms with E-state index in [0.29, 0.717) is 13.1 Å². The van der Waals surface area contributed by atoms with Crippen LogP contribution >= 0.6 is 15.9 Å². The Morgan fingerprint density at radius 2 is 1.90 bits per heavy atom. The number of nitrogens with zero attached hydrogens (tertiary/aromatic N) is 1. The maximum absolute atomic E-state index is 12.4. The van der Waals surface area contributed by atoms with Gasteiger partial charge in [-0.05, 0) is 49.2 Å². The van der Waals surface area contributed by atoms with E-state index in [9.17, 15) is 13.2 Å². The summed E-state index contributed by atoms with van der Waals surface area (Å²) in [6, 6.07) is 6.18. The van der Waals surface area contributed by atoms with Crippen LogP contribution in [-0.2, 0) is 5.41 Å². The van der Waals surface area contributed by atoms with Crippen LogP contribution in [0.4, 0.5) is 13.2 Å². The van der Waals surface area contributed by atoms with Gasteiger partial charge in [0.25, 0.3) is 0 Å². The second kappa shape index (κ2) is 4.88. The minimum Gasteiger partial charge on any atom is -0.295 e. The van der Waals surface area contributed by atoms with Gasteiger partial charge in [0.1, 0.15) is 0 Å². The summed E-state index contributed by atoms with van der Waals surface area (Å²) in [5, 5.41) is 0. The summed E-state index contributed by atoms with van der Waals surface area (Å²) in [6.07, 6.45) is 1.69. The quantitative estimate of drug-likeness (QED) is 0.730. The number of hydrogen-bond acceptors (Lipinski definition) is 1. The predicted molar refractivity (Wildman–Crippen MR) is 76.6 cm³/mol. The van der Waals surface area contributed by atoms with Crippen molar-refractivity contribution in [3.8, 4) is 0 Å². The van der Waals surface area contributed by atoms with E-state index in [1.54, 1.807) is 0 Å². The first-order valence-corrected chi connectivity index (χ1v) is 7.46. The van der Waals surface area contributed by atoms with Crippen LogP contribution in [0, 0.1) is 0 Å². The van der Waals surface area contributed by atoms with Crippen molar-refractivity contribution < 1.29 is 13.2 Å². The molecule has 20 heavy (non-hydrogen) atoms. The molecule has 0 saturated carbocycles. The van der Waals surface area contributed by atoms with Crippen LogP contribution in [0.1, 0.15) is 24.0 Å². The second-order valence-corrected chi connectivity index (χ2v) is 6.53. The highest BCUT2D eigenvalue weighted by Crippen LogP contribution is 2.44. The van der Waals surface area contributed by atoms with Crippen molar-refractivity contribution in [2.75, 3.05) is 19.6 Å². The molecule has 0 N–H and O–H groups in total. The average molecular weight is 346 g/mol. The highest BCUT2D eigenvalue weighted by atomic mass is 79.9. The van der Waals surface area contributed by atoms with Crippen LogP contribution in [0.5, 0.6) is 0 Å². The number of piperidine rings is 1. The molecule has 1 aromatic carbocycles. The summed E-state index contributed by atoms with van der Waals surface area (Å²) in [4.78, 5) is 1.51. The van der Waals surface area contributed by atoms with E-state index in [0.717, 1.165) is 17.3 Å². The summed E-state index contributed by atoms with van der Waals surface area (Å²) in [6.45, 7) is 0.207. The topological polar surface area (TPSA) is 3.24 Å². The lowest BCUT2D eigenvalue weighted by Crippen LogP contribution is -2.44. The molecular weight excluding hydrogens is 331 g/mol. The molecule has 1 aromatic rings.